The van der Waals surface area contributed by atoms with Gasteiger partial charge in [0.1, 0.15) is 0 Å². The van der Waals surface area contributed by atoms with Gasteiger partial charge in [-0.25, -0.2) is 0 Å². The predicted molar refractivity (Wildman–Crippen MR) is 50.5 cm³/mol. The minimum Gasteiger partial charge on any atom is -0.357 e. The van der Waals surface area contributed by atoms with Crippen LogP contribution in [0.5, 0.6) is 5.75 Å². The van der Waals surface area contributed by atoms with Crippen LogP contribution in [-0.4, -0.2) is 6.21 Å². The maximum Gasteiger partial charge on any atom is 0.157 e. The second-order valence-electron chi connectivity index (χ2n) is 2.48. The predicted octanol–water partition coefficient (Wildman–Crippen LogP) is 2.85. The van der Waals surface area contributed by atoms with Crippen molar-refractivity contribution in [2.75, 3.05) is 0 Å². The Morgan fingerprint density at radius 1 is 1.33 bits per heavy atom. The van der Waals surface area contributed by atoms with E-state index in [0.29, 0.717) is 0 Å². The monoisotopic (exact) mass is 163 g/mol. The lowest BCUT2D eigenvalue weighted by Crippen LogP contribution is -1.83. The van der Waals surface area contributed by atoms with Crippen LogP contribution in [0.15, 0.2) is 35.5 Å². The van der Waals surface area contributed by atoms with Crippen LogP contribution in [0.4, 0.5) is 0 Å². The number of rotatable bonds is 4. The van der Waals surface area contributed by atoms with E-state index in [1.165, 1.54) is 0 Å². The minimum absolute atomic E-state index is 0.782. The summed E-state index contributed by atoms with van der Waals surface area (Å²) >= 11 is 0. The number of benzene rings is 1. The van der Waals surface area contributed by atoms with Crippen molar-refractivity contribution in [1.82, 2.24) is 0 Å². The van der Waals surface area contributed by atoms with Crippen molar-refractivity contribution in [3.8, 4) is 5.75 Å². The first kappa shape index (κ1) is 8.78. The van der Waals surface area contributed by atoms with Gasteiger partial charge in [-0.15, -0.1) is 0 Å². The fourth-order valence-electron chi connectivity index (χ4n) is 0.761. The zero-order valence-electron chi connectivity index (χ0n) is 7.23. The van der Waals surface area contributed by atoms with Gasteiger partial charge in [-0.05, 0) is 18.6 Å². The van der Waals surface area contributed by atoms with Crippen molar-refractivity contribution in [1.29, 1.82) is 0 Å². The molecule has 1 aromatic rings. The molecule has 0 aliphatic carbocycles. The van der Waals surface area contributed by atoms with Gasteiger partial charge in [-0.1, -0.05) is 36.7 Å². The first-order chi connectivity index (χ1) is 5.93. The average Bonchev–Trinajstić information content (AvgIpc) is 2.14. The SMILES string of the molecule is CCCC=NOc1ccccc1. The van der Waals surface area contributed by atoms with E-state index < -0.39 is 0 Å². The Hall–Kier alpha value is -1.31. The molecule has 0 saturated heterocycles. The van der Waals surface area contributed by atoms with Crippen molar-refractivity contribution < 1.29 is 4.84 Å². The second kappa shape index (κ2) is 5.35. The molecule has 0 spiro atoms. The highest BCUT2D eigenvalue weighted by atomic mass is 16.6. The Balaban J connectivity index is 2.33. The highest BCUT2D eigenvalue weighted by Gasteiger charge is 1.85. The Kier molecular flexibility index (Phi) is 3.92. The molecule has 0 atom stereocenters. The van der Waals surface area contributed by atoms with Crippen LogP contribution < -0.4 is 4.84 Å². The smallest absolute Gasteiger partial charge is 0.157 e. The molecule has 0 radical (unpaired) electrons. The van der Waals surface area contributed by atoms with Crippen LogP contribution in [0.2, 0.25) is 0 Å². The molecule has 1 rings (SSSR count). The summed E-state index contributed by atoms with van der Waals surface area (Å²) in [5.74, 6) is 0.782. The van der Waals surface area contributed by atoms with Crippen molar-refractivity contribution in [2.45, 2.75) is 19.8 Å². The summed E-state index contributed by atoms with van der Waals surface area (Å²) in [4.78, 5) is 5.08. The number of unbranched alkanes of at least 4 members (excludes halogenated alkanes) is 1. The van der Waals surface area contributed by atoms with Crippen LogP contribution in [0.25, 0.3) is 0 Å². The largest absolute Gasteiger partial charge is 0.357 e. The summed E-state index contributed by atoms with van der Waals surface area (Å²) < 4.78 is 0. The third kappa shape index (κ3) is 3.19. The van der Waals surface area contributed by atoms with Crippen LogP contribution in [0, 0.1) is 0 Å². The van der Waals surface area contributed by atoms with E-state index in [0.717, 1.165) is 18.6 Å². The van der Waals surface area contributed by atoms with Crippen molar-refractivity contribution >= 4 is 6.21 Å². The molecule has 2 heteroatoms. The number of oxime groups is 1. The maximum absolute atomic E-state index is 5.08. The first-order valence-electron chi connectivity index (χ1n) is 4.17. The van der Waals surface area contributed by atoms with E-state index in [1.54, 1.807) is 6.21 Å². The van der Waals surface area contributed by atoms with E-state index >= 15 is 0 Å². The van der Waals surface area contributed by atoms with E-state index in [2.05, 4.69) is 12.1 Å². The summed E-state index contributed by atoms with van der Waals surface area (Å²) in [6.45, 7) is 2.11. The number of para-hydroxylation sites is 1. The summed E-state index contributed by atoms with van der Waals surface area (Å²) in [5, 5.41) is 3.81. The lowest BCUT2D eigenvalue weighted by molar-refractivity contribution is 0.342. The molecule has 0 heterocycles. The molecule has 0 unspecified atom stereocenters. The Morgan fingerprint density at radius 3 is 2.75 bits per heavy atom. The highest BCUT2D eigenvalue weighted by molar-refractivity contribution is 5.56. The van der Waals surface area contributed by atoms with Crippen LogP contribution >= 0.6 is 0 Å². The standard InChI is InChI=1S/C10H13NO/c1-2-3-9-11-12-10-7-5-4-6-8-10/h4-9H,2-3H2,1H3. The van der Waals surface area contributed by atoms with Gasteiger partial charge in [0.15, 0.2) is 5.75 Å². The fraction of sp³-hybridized carbons (Fsp3) is 0.300. The third-order valence-electron chi connectivity index (χ3n) is 1.39. The van der Waals surface area contributed by atoms with Gasteiger partial charge >= 0.3 is 0 Å². The molecule has 0 amide bonds. The summed E-state index contributed by atoms with van der Waals surface area (Å²) in [6, 6.07) is 9.55. The van der Waals surface area contributed by atoms with Gasteiger partial charge in [-0.2, -0.15) is 0 Å². The molecule has 2 nitrogen and oxygen atoms in total. The van der Waals surface area contributed by atoms with E-state index in [1.807, 2.05) is 30.3 Å². The highest BCUT2D eigenvalue weighted by Crippen LogP contribution is 2.07. The lowest BCUT2D eigenvalue weighted by Gasteiger charge is -1.95. The van der Waals surface area contributed by atoms with Crippen molar-refractivity contribution in [2.24, 2.45) is 5.16 Å². The molecule has 0 fully saturated rings. The van der Waals surface area contributed by atoms with E-state index in [9.17, 15) is 0 Å². The molecule has 0 N–H and O–H groups in total. The summed E-state index contributed by atoms with van der Waals surface area (Å²) in [7, 11) is 0. The molecule has 0 aromatic heterocycles. The molecule has 0 saturated carbocycles. The van der Waals surface area contributed by atoms with Crippen LogP contribution in [0.1, 0.15) is 19.8 Å². The number of nitrogens with zero attached hydrogens (tertiary/aromatic N) is 1. The van der Waals surface area contributed by atoms with E-state index in [-0.39, 0.29) is 0 Å². The second-order valence-corrected chi connectivity index (χ2v) is 2.48. The van der Waals surface area contributed by atoms with E-state index in [4.69, 9.17) is 4.84 Å². The Bertz CT molecular complexity index is 231. The Morgan fingerprint density at radius 2 is 2.08 bits per heavy atom. The number of hydrogen-bond acceptors (Lipinski definition) is 2. The number of hydrogen-bond donors (Lipinski definition) is 0. The third-order valence-corrected chi connectivity index (χ3v) is 1.39. The van der Waals surface area contributed by atoms with Gasteiger partial charge in [-0.3, -0.25) is 0 Å². The average molecular weight is 163 g/mol. The molecular formula is C10H13NO. The molecule has 12 heavy (non-hydrogen) atoms. The molecular weight excluding hydrogens is 150 g/mol. The summed E-state index contributed by atoms with van der Waals surface area (Å²) in [6.07, 6.45) is 3.85. The quantitative estimate of drug-likeness (QED) is 0.494. The van der Waals surface area contributed by atoms with Gasteiger partial charge in [0, 0.05) is 6.21 Å². The molecule has 0 aliphatic heterocycles. The molecule has 0 aliphatic rings. The first-order valence-corrected chi connectivity index (χ1v) is 4.17. The normalized spacial score (nSPS) is 10.4. The van der Waals surface area contributed by atoms with Crippen LogP contribution in [0.3, 0.4) is 0 Å². The zero-order chi connectivity index (χ0) is 8.65. The van der Waals surface area contributed by atoms with Gasteiger partial charge in [0.05, 0.1) is 0 Å². The maximum atomic E-state index is 5.08. The van der Waals surface area contributed by atoms with Crippen LogP contribution in [-0.2, 0) is 0 Å². The fourth-order valence-corrected chi connectivity index (χ4v) is 0.761. The summed E-state index contributed by atoms with van der Waals surface area (Å²) in [5.41, 5.74) is 0. The molecule has 1 aromatic carbocycles. The molecule has 0 bridgehead atoms. The molecule has 64 valence electrons. The minimum atomic E-state index is 0.782. The Labute approximate surface area is 72.9 Å². The van der Waals surface area contributed by atoms with Crippen molar-refractivity contribution in [3.05, 3.63) is 30.3 Å². The zero-order valence-corrected chi connectivity index (χ0v) is 7.23. The topological polar surface area (TPSA) is 21.6 Å². The van der Waals surface area contributed by atoms with Crippen molar-refractivity contribution in [3.63, 3.8) is 0 Å². The lowest BCUT2D eigenvalue weighted by atomic mass is 10.3. The van der Waals surface area contributed by atoms with Gasteiger partial charge in [0.25, 0.3) is 0 Å². The van der Waals surface area contributed by atoms with Gasteiger partial charge < -0.3 is 4.84 Å². The van der Waals surface area contributed by atoms with Gasteiger partial charge in [0.2, 0.25) is 0 Å².